The van der Waals surface area contributed by atoms with Gasteiger partial charge in [0, 0.05) is 18.0 Å². The van der Waals surface area contributed by atoms with E-state index in [9.17, 15) is 18.0 Å². The number of benzene rings is 3. The fourth-order valence-corrected chi connectivity index (χ4v) is 6.18. The van der Waals surface area contributed by atoms with Crippen LogP contribution in [0.2, 0.25) is 0 Å². The second-order valence-electron chi connectivity index (χ2n) is 10.2. The molecule has 202 valence electrons. The number of carbonyl (C=O) groups is 2. The highest BCUT2D eigenvalue weighted by Crippen LogP contribution is 2.29. The van der Waals surface area contributed by atoms with E-state index in [1.165, 1.54) is 0 Å². The molecule has 0 bridgehead atoms. The van der Waals surface area contributed by atoms with Crippen LogP contribution < -0.4 is 9.62 Å². The molecule has 0 unspecified atom stereocenters. The van der Waals surface area contributed by atoms with Gasteiger partial charge in [0.2, 0.25) is 21.8 Å². The van der Waals surface area contributed by atoms with Crippen LogP contribution in [-0.2, 0) is 26.2 Å². The van der Waals surface area contributed by atoms with Gasteiger partial charge in [-0.1, -0.05) is 86.0 Å². The molecule has 4 rings (SSSR count). The Morgan fingerprint density at radius 2 is 1.68 bits per heavy atom. The van der Waals surface area contributed by atoms with Gasteiger partial charge >= 0.3 is 0 Å². The van der Waals surface area contributed by atoms with E-state index in [0.717, 1.165) is 58.1 Å². The quantitative estimate of drug-likeness (QED) is 0.405. The Balaban J connectivity index is 1.69. The zero-order valence-electron chi connectivity index (χ0n) is 22.4. The van der Waals surface area contributed by atoms with Crippen LogP contribution in [0.5, 0.6) is 0 Å². The van der Waals surface area contributed by atoms with Gasteiger partial charge in [-0.2, -0.15) is 0 Å². The average Bonchev–Trinajstić information content (AvgIpc) is 3.39. The maximum Gasteiger partial charge on any atom is 0.244 e. The highest BCUT2D eigenvalue weighted by Gasteiger charge is 2.33. The second-order valence-corrected chi connectivity index (χ2v) is 12.1. The molecule has 1 aliphatic carbocycles. The molecule has 1 atom stereocenters. The molecule has 2 amide bonds. The first kappa shape index (κ1) is 27.6. The van der Waals surface area contributed by atoms with Crippen molar-refractivity contribution in [1.82, 2.24) is 10.2 Å². The van der Waals surface area contributed by atoms with E-state index in [1.54, 1.807) is 17.0 Å². The minimum atomic E-state index is -3.80. The number of hydrogen-bond acceptors (Lipinski definition) is 4. The summed E-state index contributed by atoms with van der Waals surface area (Å²) in [5.41, 5.74) is 2.38. The van der Waals surface area contributed by atoms with Gasteiger partial charge in [0.05, 0.1) is 11.9 Å². The molecule has 0 aliphatic heterocycles. The Kier molecular flexibility index (Phi) is 8.72. The molecular formula is C30H37N3O4S. The normalized spacial score (nSPS) is 14.8. The first-order valence-corrected chi connectivity index (χ1v) is 15.1. The van der Waals surface area contributed by atoms with E-state index in [-0.39, 0.29) is 18.5 Å². The van der Waals surface area contributed by atoms with Crippen LogP contribution in [0.4, 0.5) is 5.69 Å². The zero-order valence-corrected chi connectivity index (χ0v) is 23.2. The monoisotopic (exact) mass is 535 g/mol. The lowest BCUT2D eigenvalue weighted by Crippen LogP contribution is -2.53. The van der Waals surface area contributed by atoms with Gasteiger partial charge in [-0.15, -0.1) is 0 Å². The van der Waals surface area contributed by atoms with Crippen molar-refractivity contribution in [3.63, 3.8) is 0 Å². The predicted molar refractivity (Wildman–Crippen MR) is 152 cm³/mol. The molecule has 7 nitrogen and oxygen atoms in total. The number of anilines is 1. The molecule has 1 N–H and O–H groups in total. The summed E-state index contributed by atoms with van der Waals surface area (Å²) in [6, 6.07) is 20.1. The minimum absolute atomic E-state index is 0.121. The van der Waals surface area contributed by atoms with Crippen molar-refractivity contribution < 1.29 is 18.0 Å². The number of fused-ring (bicyclic) bond motifs is 1. The molecule has 0 spiro atoms. The third-order valence-electron chi connectivity index (χ3n) is 7.24. The minimum Gasteiger partial charge on any atom is -0.352 e. The highest BCUT2D eigenvalue weighted by atomic mass is 32.2. The van der Waals surface area contributed by atoms with Crippen LogP contribution in [0.1, 0.15) is 50.2 Å². The predicted octanol–water partition coefficient (Wildman–Crippen LogP) is 4.78. The fraction of sp³-hybridized carbons (Fsp3) is 0.400. The van der Waals surface area contributed by atoms with E-state index in [0.29, 0.717) is 12.1 Å². The molecule has 0 saturated heterocycles. The maximum atomic E-state index is 14.0. The van der Waals surface area contributed by atoms with E-state index in [4.69, 9.17) is 0 Å². The van der Waals surface area contributed by atoms with Gasteiger partial charge in [-0.05, 0) is 43.2 Å². The van der Waals surface area contributed by atoms with Gasteiger partial charge in [-0.3, -0.25) is 13.9 Å². The number of amides is 2. The van der Waals surface area contributed by atoms with E-state index in [1.807, 2.05) is 68.4 Å². The summed E-state index contributed by atoms with van der Waals surface area (Å²) in [5, 5.41) is 4.76. The smallest absolute Gasteiger partial charge is 0.244 e. The van der Waals surface area contributed by atoms with Crippen molar-refractivity contribution in [2.75, 3.05) is 17.1 Å². The van der Waals surface area contributed by atoms with Crippen molar-refractivity contribution in [3.8, 4) is 0 Å². The molecule has 3 aromatic carbocycles. The van der Waals surface area contributed by atoms with Crippen LogP contribution in [0.3, 0.4) is 0 Å². The van der Waals surface area contributed by atoms with Gasteiger partial charge in [-0.25, -0.2) is 8.42 Å². The SMILES string of the molecule is CC[C@@H](C(=O)NC1CCCC1)N(Cc1cccc(C)c1)C(=O)CN(c1cccc2ccccc12)S(C)(=O)=O. The second kappa shape index (κ2) is 12.0. The van der Waals surface area contributed by atoms with Gasteiger partial charge in [0.1, 0.15) is 12.6 Å². The van der Waals surface area contributed by atoms with E-state index >= 15 is 0 Å². The lowest BCUT2D eigenvalue weighted by atomic mass is 10.1. The number of nitrogens with one attached hydrogen (secondary N) is 1. The van der Waals surface area contributed by atoms with Gasteiger partial charge in [0.25, 0.3) is 0 Å². The van der Waals surface area contributed by atoms with Crippen LogP contribution in [0, 0.1) is 6.92 Å². The highest BCUT2D eigenvalue weighted by molar-refractivity contribution is 7.92. The Hall–Kier alpha value is -3.39. The summed E-state index contributed by atoms with van der Waals surface area (Å²) in [4.78, 5) is 28.9. The number of aryl methyl sites for hydroxylation is 1. The molecule has 0 heterocycles. The van der Waals surface area contributed by atoms with Crippen molar-refractivity contribution in [2.24, 2.45) is 0 Å². The largest absolute Gasteiger partial charge is 0.352 e. The summed E-state index contributed by atoms with van der Waals surface area (Å²) in [7, 11) is -3.80. The molecular weight excluding hydrogens is 498 g/mol. The first-order chi connectivity index (χ1) is 18.2. The summed E-state index contributed by atoms with van der Waals surface area (Å²) in [6.07, 6.45) is 5.58. The van der Waals surface area contributed by atoms with E-state index < -0.39 is 28.5 Å². The Morgan fingerprint density at radius 1 is 1.00 bits per heavy atom. The maximum absolute atomic E-state index is 14.0. The van der Waals surface area contributed by atoms with Crippen molar-refractivity contribution in [3.05, 3.63) is 77.9 Å². The Bertz CT molecular complexity index is 1390. The number of sulfonamides is 1. The van der Waals surface area contributed by atoms with Crippen LogP contribution in [-0.4, -0.2) is 50.0 Å². The molecule has 3 aromatic rings. The summed E-state index contributed by atoms with van der Waals surface area (Å²) >= 11 is 0. The fourth-order valence-electron chi connectivity index (χ4n) is 5.31. The van der Waals surface area contributed by atoms with Crippen LogP contribution in [0.25, 0.3) is 10.8 Å². The summed E-state index contributed by atoms with van der Waals surface area (Å²) in [6.45, 7) is 3.68. The third kappa shape index (κ3) is 6.54. The number of nitrogens with zero attached hydrogens (tertiary/aromatic N) is 2. The topological polar surface area (TPSA) is 86.8 Å². The lowest BCUT2D eigenvalue weighted by molar-refractivity contribution is -0.140. The average molecular weight is 536 g/mol. The molecule has 0 aromatic heterocycles. The van der Waals surface area contributed by atoms with Crippen molar-refractivity contribution in [2.45, 2.75) is 64.6 Å². The van der Waals surface area contributed by atoms with Crippen molar-refractivity contribution in [1.29, 1.82) is 0 Å². The van der Waals surface area contributed by atoms with Crippen LogP contribution in [0.15, 0.2) is 66.7 Å². The molecule has 0 radical (unpaired) electrons. The first-order valence-electron chi connectivity index (χ1n) is 13.3. The summed E-state index contributed by atoms with van der Waals surface area (Å²) in [5.74, 6) is -0.602. The molecule has 1 aliphatic rings. The molecule has 38 heavy (non-hydrogen) atoms. The molecule has 1 saturated carbocycles. The number of hydrogen-bond donors (Lipinski definition) is 1. The van der Waals surface area contributed by atoms with Gasteiger partial charge < -0.3 is 10.2 Å². The molecule has 8 heteroatoms. The summed E-state index contributed by atoms with van der Waals surface area (Å²) < 4.78 is 27.2. The van der Waals surface area contributed by atoms with Crippen LogP contribution >= 0.6 is 0 Å². The van der Waals surface area contributed by atoms with Crippen molar-refractivity contribution >= 4 is 38.3 Å². The number of rotatable bonds is 10. The third-order valence-corrected chi connectivity index (χ3v) is 8.36. The lowest BCUT2D eigenvalue weighted by Gasteiger charge is -2.33. The van der Waals surface area contributed by atoms with E-state index in [2.05, 4.69) is 5.32 Å². The number of carbonyl (C=O) groups excluding carboxylic acids is 2. The Morgan fingerprint density at radius 3 is 2.37 bits per heavy atom. The Labute approximate surface area is 225 Å². The molecule has 1 fully saturated rings. The zero-order chi connectivity index (χ0) is 27.3. The standard InChI is InChI=1S/C30H37N3O4S/c1-4-27(30(35)31-25-15-6-7-16-25)32(20-23-12-9-11-22(2)19-23)29(34)21-33(38(3,36)37)28-18-10-14-24-13-5-8-17-26(24)28/h5,8-14,17-19,25,27H,4,6-7,15-16,20-21H2,1-3H3,(H,31,35)/t27-/m0/s1. The van der Waals surface area contributed by atoms with Gasteiger partial charge in [0.15, 0.2) is 0 Å².